The molecule has 19 heavy (non-hydrogen) atoms. The van der Waals surface area contributed by atoms with Gasteiger partial charge in [0.05, 0.1) is 0 Å². The largest absolute Gasteiger partial charge is 0.508 e. The highest BCUT2D eigenvalue weighted by molar-refractivity contribution is 9.10. The Morgan fingerprint density at radius 3 is 2.42 bits per heavy atom. The van der Waals surface area contributed by atoms with E-state index in [1.54, 1.807) is 6.07 Å². The van der Waals surface area contributed by atoms with Gasteiger partial charge in [-0.05, 0) is 29.7 Å². The topological polar surface area (TPSA) is 26.7 Å². The molecule has 1 N–H and O–H groups in total. The monoisotopic (exact) mass is 326 g/mol. The first-order chi connectivity index (χ1) is 9.04. The zero-order valence-corrected chi connectivity index (χ0v) is 13.4. The summed E-state index contributed by atoms with van der Waals surface area (Å²) in [4.78, 5) is 5.00. The van der Waals surface area contributed by atoms with Crippen LogP contribution in [0.3, 0.4) is 0 Å². The summed E-state index contributed by atoms with van der Waals surface area (Å²) in [5, 5.41) is 9.56. The van der Waals surface area contributed by atoms with Gasteiger partial charge in [-0.1, -0.05) is 29.8 Å². The fourth-order valence-electron chi connectivity index (χ4n) is 2.57. The molecule has 0 spiro atoms. The number of piperazine rings is 1. The molecule has 3 nitrogen and oxygen atoms in total. The molecule has 4 heteroatoms. The molecule has 1 saturated heterocycles. The van der Waals surface area contributed by atoms with Gasteiger partial charge in [-0.15, -0.1) is 0 Å². The molecule has 0 radical (unpaired) electrons. The molecule has 1 heterocycles. The molecule has 2 rings (SSSR count). The Hall–Kier alpha value is -0.580. The van der Waals surface area contributed by atoms with Gasteiger partial charge in [-0.25, -0.2) is 0 Å². The summed E-state index contributed by atoms with van der Waals surface area (Å²) in [6, 6.07) is 5.48. The minimum Gasteiger partial charge on any atom is -0.508 e. The van der Waals surface area contributed by atoms with Crippen LogP contribution in [-0.4, -0.2) is 47.6 Å². The highest BCUT2D eigenvalue weighted by Crippen LogP contribution is 2.23. The van der Waals surface area contributed by atoms with E-state index in [0.29, 0.717) is 5.75 Å². The number of halogens is 1. The third kappa shape index (κ3) is 4.48. The highest BCUT2D eigenvalue weighted by Gasteiger charge is 2.18. The molecule has 1 aromatic carbocycles. The normalized spacial score (nSPS) is 18.1. The van der Waals surface area contributed by atoms with E-state index in [1.807, 2.05) is 12.1 Å². The van der Waals surface area contributed by atoms with Gasteiger partial charge in [0, 0.05) is 43.7 Å². The minimum atomic E-state index is 0.344. The Balaban J connectivity index is 1.87. The van der Waals surface area contributed by atoms with Gasteiger partial charge in [-0.2, -0.15) is 0 Å². The average Bonchev–Trinajstić information content (AvgIpc) is 2.35. The summed E-state index contributed by atoms with van der Waals surface area (Å²) < 4.78 is 1.08. The Morgan fingerprint density at radius 1 is 1.16 bits per heavy atom. The fourth-order valence-corrected chi connectivity index (χ4v) is 2.94. The Bertz CT molecular complexity index is 415. The highest BCUT2D eigenvalue weighted by atomic mass is 79.9. The molecule has 0 bridgehead atoms. The maximum atomic E-state index is 9.56. The van der Waals surface area contributed by atoms with Gasteiger partial charge in [0.15, 0.2) is 0 Å². The van der Waals surface area contributed by atoms with Gasteiger partial charge in [0.1, 0.15) is 5.75 Å². The van der Waals surface area contributed by atoms with Crippen LogP contribution in [0.25, 0.3) is 0 Å². The van der Waals surface area contributed by atoms with Crippen molar-refractivity contribution < 1.29 is 5.11 Å². The Morgan fingerprint density at radius 2 is 1.79 bits per heavy atom. The van der Waals surface area contributed by atoms with Crippen molar-refractivity contribution in [2.45, 2.75) is 20.4 Å². The van der Waals surface area contributed by atoms with Crippen LogP contribution in [0, 0.1) is 5.92 Å². The molecule has 0 amide bonds. The number of phenols is 1. The van der Waals surface area contributed by atoms with Crippen molar-refractivity contribution in [3.63, 3.8) is 0 Å². The predicted octanol–water partition coefficient (Wildman–Crippen LogP) is 2.93. The van der Waals surface area contributed by atoms with Crippen LogP contribution in [0.4, 0.5) is 0 Å². The van der Waals surface area contributed by atoms with Gasteiger partial charge in [-0.3, -0.25) is 4.90 Å². The van der Waals surface area contributed by atoms with Crippen LogP contribution in [0.1, 0.15) is 19.4 Å². The summed E-state index contributed by atoms with van der Waals surface area (Å²) in [5.41, 5.74) is 1.16. The number of hydrogen-bond donors (Lipinski definition) is 1. The minimum absolute atomic E-state index is 0.344. The lowest BCUT2D eigenvalue weighted by Crippen LogP contribution is -2.46. The van der Waals surface area contributed by atoms with Crippen molar-refractivity contribution in [3.05, 3.63) is 28.2 Å². The molecule has 0 aromatic heterocycles. The first-order valence-electron chi connectivity index (χ1n) is 6.96. The third-order valence-electron chi connectivity index (χ3n) is 3.51. The van der Waals surface area contributed by atoms with Crippen LogP contribution < -0.4 is 0 Å². The van der Waals surface area contributed by atoms with E-state index in [2.05, 4.69) is 39.6 Å². The SMILES string of the molecule is CC(C)CN1CCN(Cc2cc(O)ccc2Br)CC1. The van der Waals surface area contributed by atoms with Gasteiger partial charge >= 0.3 is 0 Å². The van der Waals surface area contributed by atoms with Crippen molar-refractivity contribution in [2.75, 3.05) is 32.7 Å². The van der Waals surface area contributed by atoms with E-state index in [9.17, 15) is 5.11 Å². The number of rotatable bonds is 4. The van der Waals surface area contributed by atoms with Gasteiger partial charge in [0.2, 0.25) is 0 Å². The first-order valence-corrected chi connectivity index (χ1v) is 7.76. The van der Waals surface area contributed by atoms with Crippen LogP contribution in [0.2, 0.25) is 0 Å². The quantitative estimate of drug-likeness (QED) is 0.921. The average molecular weight is 327 g/mol. The van der Waals surface area contributed by atoms with Crippen molar-refractivity contribution in [1.29, 1.82) is 0 Å². The number of phenolic OH excluding ortho intramolecular Hbond substituents is 1. The van der Waals surface area contributed by atoms with E-state index >= 15 is 0 Å². The molecule has 0 unspecified atom stereocenters. The Kier molecular flexibility index (Phi) is 5.25. The molecular weight excluding hydrogens is 304 g/mol. The van der Waals surface area contributed by atoms with E-state index < -0.39 is 0 Å². The van der Waals surface area contributed by atoms with Crippen LogP contribution in [0.5, 0.6) is 5.75 Å². The second-order valence-electron chi connectivity index (χ2n) is 5.75. The van der Waals surface area contributed by atoms with Crippen LogP contribution in [-0.2, 0) is 6.54 Å². The predicted molar refractivity (Wildman–Crippen MR) is 82.4 cm³/mol. The van der Waals surface area contributed by atoms with Gasteiger partial charge < -0.3 is 10.0 Å². The molecule has 1 aliphatic rings. The molecule has 1 fully saturated rings. The summed E-state index contributed by atoms with van der Waals surface area (Å²) in [6.45, 7) is 11.2. The first kappa shape index (κ1) is 14.8. The zero-order chi connectivity index (χ0) is 13.8. The molecule has 1 aliphatic heterocycles. The maximum Gasteiger partial charge on any atom is 0.115 e. The summed E-state index contributed by atoms with van der Waals surface area (Å²) in [7, 11) is 0. The number of aromatic hydroxyl groups is 1. The number of hydrogen-bond acceptors (Lipinski definition) is 3. The second kappa shape index (κ2) is 6.73. The summed E-state index contributed by atoms with van der Waals surface area (Å²) in [5.74, 6) is 1.09. The van der Waals surface area contributed by atoms with Crippen molar-refractivity contribution in [3.8, 4) is 5.75 Å². The fraction of sp³-hybridized carbons (Fsp3) is 0.600. The molecular formula is C15H23BrN2O. The van der Waals surface area contributed by atoms with Gasteiger partial charge in [0.25, 0.3) is 0 Å². The van der Waals surface area contributed by atoms with E-state index in [0.717, 1.165) is 48.7 Å². The van der Waals surface area contributed by atoms with Crippen LogP contribution in [0.15, 0.2) is 22.7 Å². The van der Waals surface area contributed by atoms with E-state index in [-0.39, 0.29) is 0 Å². The molecule has 0 atom stereocenters. The zero-order valence-electron chi connectivity index (χ0n) is 11.8. The smallest absolute Gasteiger partial charge is 0.115 e. The van der Waals surface area contributed by atoms with Crippen LogP contribution >= 0.6 is 15.9 Å². The molecule has 0 saturated carbocycles. The number of benzene rings is 1. The Labute approximate surface area is 124 Å². The second-order valence-corrected chi connectivity index (χ2v) is 6.60. The summed E-state index contributed by atoms with van der Waals surface area (Å²) >= 11 is 3.55. The number of nitrogens with zero attached hydrogens (tertiary/aromatic N) is 2. The standard InChI is InChI=1S/C15H23BrN2O/c1-12(2)10-17-5-7-18(8-6-17)11-13-9-14(19)3-4-15(13)16/h3-4,9,12,19H,5-8,10-11H2,1-2H3. The lowest BCUT2D eigenvalue weighted by Gasteiger charge is -2.35. The summed E-state index contributed by atoms with van der Waals surface area (Å²) in [6.07, 6.45) is 0. The van der Waals surface area contributed by atoms with Crippen molar-refractivity contribution >= 4 is 15.9 Å². The molecule has 1 aromatic rings. The lowest BCUT2D eigenvalue weighted by atomic mass is 10.1. The molecule has 0 aliphatic carbocycles. The maximum absolute atomic E-state index is 9.56. The van der Waals surface area contributed by atoms with Crippen molar-refractivity contribution in [1.82, 2.24) is 9.80 Å². The lowest BCUT2D eigenvalue weighted by molar-refractivity contribution is 0.117. The molecule has 106 valence electrons. The van der Waals surface area contributed by atoms with Crippen molar-refractivity contribution in [2.24, 2.45) is 5.92 Å². The van der Waals surface area contributed by atoms with E-state index in [4.69, 9.17) is 0 Å². The van der Waals surface area contributed by atoms with E-state index in [1.165, 1.54) is 6.54 Å². The third-order valence-corrected chi connectivity index (χ3v) is 4.29.